The number of hydrogen-bond donors (Lipinski definition) is 1. The van der Waals surface area contributed by atoms with Gasteiger partial charge in [-0.1, -0.05) is 12.8 Å². The zero-order valence-corrected chi connectivity index (χ0v) is 14.1. The number of aromatic nitrogens is 3. The molecule has 2 aromatic rings. The summed E-state index contributed by atoms with van der Waals surface area (Å²) in [5, 5.41) is 0. The predicted molar refractivity (Wildman–Crippen MR) is 88.6 cm³/mol. The summed E-state index contributed by atoms with van der Waals surface area (Å²) in [6.45, 7) is -0.825. The molecule has 1 saturated carbocycles. The molecule has 9 heteroatoms. The molecule has 1 atom stereocenters. The van der Waals surface area contributed by atoms with E-state index in [4.69, 9.17) is 5.73 Å². The maximum absolute atomic E-state index is 13.7. The molecule has 2 aliphatic rings. The fourth-order valence-corrected chi connectivity index (χ4v) is 3.94. The highest BCUT2D eigenvalue weighted by atomic mass is 19.3. The third kappa shape index (κ3) is 2.81. The van der Waals surface area contributed by atoms with Crippen LogP contribution in [0.5, 0.6) is 0 Å². The quantitative estimate of drug-likeness (QED) is 0.901. The topological polar surface area (TPSA) is 94.1 Å². The Labute approximate surface area is 148 Å². The minimum Gasteiger partial charge on any atom is -0.368 e. The number of likely N-dealkylation sites (tertiary alicyclic amines) is 1. The van der Waals surface area contributed by atoms with Crippen molar-refractivity contribution in [2.45, 2.75) is 50.1 Å². The van der Waals surface area contributed by atoms with E-state index in [9.17, 15) is 18.4 Å². The maximum atomic E-state index is 13.7. The summed E-state index contributed by atoms with van der Waals surface area (Å²) in [4.78, 5) is 33.6. The summed E-state index contributed by atoms with van der Waals surface area (Å²) >= 11 is 0. The van der Waals surface area contributed by atoms with Gasteiger partial charge in [0.25, 0.3) is 11.8 Å². The molecule has 0 spiro atoms. The van der Waals surface area contributed by atoms with Crippen molar-refractivity contribution >= 4 is 23.0 Å². The lowest BCUT2D eigenvalue weighted by molar-refractivity contribution is -0.121. The van der Waals surface area contributed by atoms with Gasteiger partial charge in [0.15, 0.2) is 5.65 Å². The van der Waals surface area contributed by atoms with Crippen LogP contribution in [-0.4, -0.2) is 49.8 Å². The SMILES string of the molecule is NC(=O)[C@@H]1CC(F)(F)CN1C(=O)c1cnc2c(c1)ncn2C1CCCC1. The Morgan fingerprint density at radius 1 is 1.23 bits per heavy atom. The molecule has 7 nitrogen and oxygen atoms in total. The van der Waals surface area contributed by atoms with Crippen LogP contribution >= 0.6 is 0 Å². The Bertz CT molecular complexity index is 875. The number of rotatable bonds is 3. The van der Waals surface area contributed by atoms with Gasteiger partial charge in [0, 0.05) is 18.7 Å². The number of carbonyl (C=O) groups excluding carboxylic acids is 2. The first-order chi connectivity index (χ1) is 12.4. The minimum absolute atomic E-state index is 0.123. The highest BCUT2D eigenvalue weighted by molar-refractivity contribution is 5.99. The van der Waals surface area contributed by atoms with Gasteiger partial charge in [-0.05, 0) is 18.9 Å². The van der Waals surface area contributed by atoms with Crippen LogP contribution in [0.4, 0.5) is 8.78 Å². The first kappa shape index (κ1) is 16.9. The summed E-state index contributed by atoms with van der Waals surface area (Å²) in [6.07, 6.45) is 6.77. The summed E-state index contributed by atoms with van der Waals surface area (Å²) in [5.41, 5.74) is 6.52. The number of nitrogens with zero attached hydrogens (tertiary/aromatic N) is 4. The van der Waals surface area contributed by atoms with E-state index in [1.807, 2.05) is 4.57 Å². The molecule has 1 aliphatic carbocycles. The van der Waals surface area contributed by atoms with Crippen LogP contribution in [0.2, 0.25) is 0 Å². The molecule has 2 N–H and O–H groups in total. The molecule has 0 radical (unpaired) electrons. The zero-order valence-electron chi connectivity index (χ0n) is 14.1. The van der Waals surface area contributed by atoms with E-state index in [1.54, 1.807) is 6.33 Å². The fourth-order valence-electron chi connectivity index (χ4n) is 3.94. The molecule has 138 valence electrons. The van der Waals surface area contributed by atoms with Crippen LogP contribution in [0.25, 0.3) is 11.2 Å². The number of nitrogens with two attached hydrogens (primary N) is 1. The van der Waals surface area contributed by atoms with Gasteiger partial charge in [-0.2, -0.15) is 0 Å². The zero-order chi connectivity index (χ0) is 18.5. The van der Waals surface area contributed by atoms with E-state index in [0.717, 1.165) is 17.7 Å². The van der Waals surface area contributed by atoms with Gasteiger partial charge in [-0.15, -0.1) is 0 Å². The Kier molecular flexibility index (Phi) is 3.89. The average Bonchev–Trinajstić information content (AvgIpc) is 3.30. The molecule has 4 rings (SSSR count). The number of primary amides is 1. The first-order valence-corrected chi connectivity index (χ1v) is 8.66. The first-order valence-electron chi connectivity index (χ1n) is 8.66. The van der Waals surface area contributed by atoms with Gasteiger partial charge in [-0.25, -0.2) is 18.7 Å². The molecule has 2 aromatic heterocycles. The standard InChI is InChI=1S/C17H19F2N5O2/c18-17(19)6-13(14(20)25)23(8-17)16(26)10-5-12-15(21-7-10)24(9-22-12)11-3-1-2-4-11/h5,7,9,11,13H,1-4,6,8H2,(H2,20,25)/t13-/m0/s1. The summed E-state index contributed by atoms with van der Waals surface area (Å²) in [5.74, 6) is -4.75. The molecular formula is C17H19F2N5O2. The van der Waals surface area contributed by atoms with Crippen molar-refractivity contribution in [3.05, 3.63) is 24.2 Å². The fraction of sp³-hybridized carbons (Fsp3) is 0.529. The molecule has 0 aromatic carbocycles. The van der Waals surface area contributed by atoms with Crippen molar-refractivity contribution in [2.75, 3.05) is 6.54 Å². The van der Waals surface area contributed by atoms with Crippen LogP contribution < -0.4 is 5.73 Å². The Hall–Kier alpha value is -2.58. The number of carbonyl (C=O) groups is 2. The molecule has 3 heterocycles. The molecular weight excluding hydrogens is 344 g/mol. The molecule has 0 bridgehead atoms. The summed E-state index contributed by atoms with van der Waals surface area (Å²) < 4.78 is 29.4. The maximum Gasteiger partial charge on any atom is 0.267 e. The van der Waals surface area contributed by atoms with Crippen molar-refractivity contribution in [1.82, 2.24) is 19.4 Å². The Morgan fingerprint density at radius 2 is 1.96 bits per heavy atom. The number of hydrogen-bond acceptors (Lipinski definition) is 4. The van der Waals surface area contributed by atoms with E-state index in [-0.39, 0.29) is 5.56 Å². The molecule has 2 fully saturated rings. The van der Waals surface area contributed by atoms with Crippen LogP contribution in [0.1, 0.15) is 48.5 Å². The van der Waals surface area contributed by atoms with Gasteiger partial charge in [0.1, 0.15) is 11.6 Å². The lowest BCUT2D eigenvalue weighted by Gasteiger charge is -2.21. The van der Waals surface area contributed by atoms with Crippen LogP contribution in [0.15, 0.2) is 18.6 Å². The third-order valence-electron chi connectivity index (χ3n) is 5.24. The number of imidazole rings is 1. The third-order valence-corrected chi connectivity index (χ3v) is 5.24. The summed E-state index contributed by atoms with van der Waals surface area (Å²) in [7, 11) is 0. The number of alkyl halides is 2. The normalized spacial score (nSPS) is 23.0. The Morgan fingerprint density at radius 3 is 2.65 bits per heavy atom. The molecule has 2 amide bonds. The van der Waals surface area contributed by atoms with Crippen LogP contribution in [0, 0.1) is 0 Å². The van der Waals surface area contributed by atoms with Gasteiger partial charge in [0.05, 0.1) is 18.4 Å². The lowest BCUT2D eigenvalue weighted by atomic mass is 10.1. The van der Waals surface area contributed by atoms with Crippen LogP contribution in [0.3, 0.4) is 0 Å². The number of halogens is 2. The molecule has 1 saturated heterocycles. The number of amides is 2. The average molecular weight is 363 g/mol. The van der Waals surface area contributed by atoms with Gasteiger partial charge >= 0.3 is 0 Å². The smallest absolute Gasteiger partial charge is 0.267 e. The van der Waals surface area contributed by atoms with E-state index < -0.39 is 36.7 Å². The minimum atomic E-state index is -3.13. The van der Waals surface area contributed by atoms with Crippen LogP contribution in [-0.2, 0) is 4.79 Å². The second-order valence-electron chi connectivity index (χ2n) is 7.07. The van der Waals surface area contributed by atoms with Crippen molar-refractivity contribution in [3.63, 3.8) is 0 Å². The number of fused-ring (bicyclic) bond motifs is 1. The van der Waals surface area contributed by atoms with E-state index in [0.29, 0.717) is 17.2 Å². The molecule has 26 heavy (non-hydrogen) atoms. The van der Waals surface area contributed by atoms with Crippen molar-refractivity contribution in [1.29, 1.82) is 0 Å². The second-order valence-corrected chi connectivity index (χ2v) is 7.07. The van der Waals surface area contributed by atoms with Crippen molar-refractivity contribution in [3.8, 4) is 0 Å². The van der Waals surface area contributed by atoms with Gasteiger partial charge in [0.2, 0.25) is 5.91 Å². The van der Waals surface area contributed by atoms with Crippen molar-refractivity contribution < 1.29 is 18.4 Å². The van der Waals surface area contributed by atoms with Gasteiger partial charge in [-0.3, -0.25) is 9.59 Å². The van der Waals surface area contributed by atoms with Crippen molar-refractivity contribution in [2.24, 2.45) is 5.73 Å². The largest absolute Gasteiger partial charge is 0.368 e. The highest BCUT2D eigenvalue weighted by Gasteiger charge is 2.49. The molecule has 0 unspecified atom stereocenters. The number of pyridine rings is 1. The summed E-state index contributed by atoms with van der Waals surface area (Å²) in [6, 6.07) is 0.569. The lowest BCUT2D eigenvalue weighted by Crippen LogP contribution is -2.43. The van der Waals surface area contributed by atoms with Gasteiger partial charge < -0.3 is 15.2 Å². The monoisotopic (exact) mass is 363 g/mol. The molecule has 1 aliphatic heterocycles. The highest BCUT2D eigenvalue weighted by Crippen LogP contribution is 2.34. The predicted octanol–water partition coefficient (Wildman–Crippen LogP) is 1.88. The van der Waals surface area contributed by atoms with E-state index in [1.165, 1.54) is 25.1 Å². The van der Waals surface area contributed by atoms with E-state index in [2.05, 4.69) is 9.97 Å². The Balaban J connectivity index is 1.64. The van der Waals surface area contributed by atoms with E-state index >= 15 is 0 Å². The second kappa shape index (κ2) is 6.00.